The molecule has 0 heterocycles. The van der Waals surface area contributed by atoms with Crippen LogP contribution in [0.5, 0.6) is 0 Å². The molecule has 0 radical (unpaired) electrons. The Morgan fingerprint density at radius 2 is 1.12 bits per heavy atom. The number of hydrogen-bond acceptors (Lipinski definition) is 8. The van der Waals surface area contributed by atoms with Gasteiger partial charge in [-0.3, -0.25) is 9.59 Å². The molecule has 0 atom stereocenters. The number of ether oxygens (including phenoxy) is 4. The summed E-state index contributed by atoms with van der Waals surface area (Å²) >= 11 is 0. The highest BCUT2D eigenvalue weighted by atomic mass is 16.8. The largest absolute Gasteiger partial charge is 0.516 e. The van der Waals surface area contributed by atoms with Crippen LogP contribution in [-0.4, -0.2) is 37.5 Å². The molecule has 0 rings (SSSR count). The average Bonchev–Trinajstić information content (AvgIpc) is 2.16. The van der Waals surface area contributed by atoms with E-state index in [1.807, 2.05) is 0 Å². The Morgan fingerprint density at radius 1 is 0.765 bits per heavy atom. The summed E-state index contributed by atoms with van der Waals surface area (Å²) < 4.78 is 16.7. The van der Waals surface area contributed by atoms with E-state index in [9.17, 15) is 19.2 Å². The van der Waals surface area contributed by atoms with Gasteiger partial charge in [0.1, 0.15) is 6.42 Å². The van der Waals surface area contributed by atoms with Gasteiger partial charge in [-0.25, -0.2) is 9.59 Å². The van der Waals surface area contributed by atoms with Gasteiger partial charge in [-0.05, 0) is 13.8 Å². The lowest BCUT2D eigenvalue weighted by atomic mass is 10.4. The van der Waals surface area contributed by atoms with Crippen LogP contribution in [-0.2, 0) is 28.5 Å². The van der Waals surface area contributed by atoms with Crippen molar-refractivity contribution < 1.29 is 38.1 Å². The van der Waals surface area contributed by atoms with E-state index in [2.05, 4.69) is 18.9 Å². The quantitative estimate of drug-likeness (QED) is 0.530. The van der Waals surface area contributed by atoms with Gasteiger partial charge in [-0.1, -0.05) is 0 Å². The summed E-state index contributed by atoms with van der Waals surface area (Å²) in [5, 5.41) is 0. The number of carbonyl (C=O) groups excluding carboxylic acids is 4. The van der Waals surface area contributed by atoms with Gasteiger partial charge < -0.3 is 18.9 Å². The fourth-order valence-electron chi connectivity index (χ4n) is 0.671. The fourth-order valence-corrected chi connectivity index (χ4v) is 0.671. The predicted molar refractivity (Wildman–Crippen MR) is 50.8 cm³/mol. The predicted octanol–water partition coefficient (Wildman–Crippen LogP) is 0.776. The van der Waals surface area contributed by atoms with E-state index in [-0.39, 0.29) is 13.2 Å². The minimum Gasteiger partial charge on any atom is -0.434 e. The van der Waals surface area contributed by atoms with Crippen molar-refractivity contribution in [2.75, 3.05) is 13.2 Å². The summed E-state index contributed by atoms with van der Waals surface area (Å²) in [7, 11) is 0. The SMILES string of the molecule is CCOC(=O)OC(=O)CC(=O)OC(=O)OCC. The van der Waals surface area contributed by atoms with E-state index in [0.29, 0.717) is 0 Å². The van der Waals surface area contributed by atoms with Crippen molar-refractivity contribution in [3.63, 3.8) is 0 Å². The standard InChI is InChI=1S/C9H12O8/c1-3-14-8(12)16-6(10)5-7(11)17-9(13)15-4-2/h3-5H2,1-2H3. The number of carbonyl (C=O) groups is 4. The summed E-state index contributed by atoms with van der Waals surface area (Å²) in [5.74, 6) is -2.37. The molecular weight excluding hydrogens is 236 g/mol. The molecular formula is C9H12O8. The molecule has 0 aliphatic rings. The van der Waals surface area contributed by atoms with E-state index in [1.165, 1.54) is 13.8 Å². The van der Waals surface area contributed by atoms with Crippen molar-refractivity contribution in [1.29, 1.82) is 0 Å². The molecule has 0 fully saturated rings. The molecule has 0 aromatic carbocycles. The van der Waals surface area contributed by atoms with Crippen LogP contribution in [0.3, 0.4) is 0 Å². The maximum atomic E-state index is 10.9. The first-order chi connectivity index (χ1) is 7.99. The molecule has 0 bridgehead atoms. The first-order valence-electron chi connectivity index (χ1n) is 4.74. The third-order valence-corrected chi connectivity index (χ3v) is 1.21. The molecule has 0 aliphatic heterocycles. The summed E-state index contributed by atoms with van der Waals surface area (Å²) in [6, 6.07) is 0. The smallest absolute Gasteiger partial charge is 0.434 e. The van der Waals surface area contributed by atoms with E-state index >= 15 is 0 Å². The maximum Gasteiger partial charge on any atom is 0.516 e. The van der Waals surface area contributed by atoms with Crippen molar-refractivity contribution in [2.45, 2.75) is 20.3 Å². The van der Waals surface area contributed by atoms with Crippen LogP contribution < -0.4 is 0 Å². The van der Waals surface area contributed by atoms with Gasteiger partial charge in [0.15, 0.2) is 0 Å². The first-order valence-corrected chi connectivity index (χ1v) is 4.74. The van der Waals surface area contributed by atoms with Crippen molar-refractivity contribution in [2.24, 2.45) is 0 Å². The number of rotatable bonds is 4. The lowest BCUT2D eigenvalue weighted by Gasteiger charge is -2.03. The fraction of sp³-hybridized carbons (Fsp3) is 0.556. The average molecular weight is 248 g/mol. The van der Waals surface area contributed by atoms with Gasteiger partial charge in [0.2, 0.25) is 0 Å². The maximum absolute atomic E-state index is 10.9. The molecule has 0 N–H and O–H groups in total. The van der Waals surface area contributed by atoms with Crippen LogP contribution in [0, 0.1) is 0 Å². The van der Waals surface area contributed by atoms with Crippen molar-refractivity contribution >= 4 is 24.2 Å². The number of hydrogen-bond donors (Lipinski definition) is 0. The molecule has 0 aromatic rings. The molecule has 0 amide bonds. The molecule has 17 heavy (non-hydrogen) atoms. The van der Waals surface area contributed by atoms with Gasteiger partial charge in [0.25, 0.3) is 0 Å². The first kappa shape index (κ1) is 14.9. The molecule has 96 valence electrons. The molecule has 0 saturated heterocycles. The van der Waals surface area contributed by atoms with E-state index in [1.54, 1.807) is 0 Å². The van der Waals surface area contributed by atoms with Crippen LogP contribution in [0.1, 0.15) is 20.3 Å². The van der Waals surface area contributed by atoms with E-state index in [0.717, 1.165) is 0 Å². The molecule has 0 aromatic heterocycles. The lowest BCUT2D eigenvalue weighted by Crippen LogP contribution is -2.20. The van der Waals surface area contributed by atoms with Gasteiger partial charge in [-0.15, -0.1) is 0 Å². The molecule has 0 aliphatic carbocycles. The zero-order valence-electron chi connectivity index (χ0n) is 9.39. The second-order valence-electron chi connectivity index (χ2n) is 2.49. The Balaban J connectivity index is 3.92. The van der Waals surface area contributed by atoms with E-state index in [4.69, 9.17) is 0 Å². The van der Waals surface area contributed by atoms with Crippen LogP contribution in [0.25, 0.3) is 0 Å². The van der Waals surface area contributed by atoms with Gasteiger partial charge in [-0.2, -0.15) is 0 Å². The monoisotopic (exact) mass is 248 g/mol. The highest BCUT2D eigenvalue weighted by Crippen LogP contribution is 1.95. The van der Waals surface area contributed by atoms with E-state index < -0.39 is 30.7 Å². The van der Waals surface area contributed by atoms with Crippen LogP contribution in [0.4, 0.5) is 9.59 Å². The third kappa shape index (κ3) is 7.77. The Labute approximate surface area is 96.8 Å². The Kier molecular flexibility index (Phi) is 7.07. The van der Waals surface area contributed by atoms with Gasteiger partial charge >= 0.3 is 24.2 Å². The highest BCUT2D eigenvalue weighted by molar-refractivity contribution is 5.97. The summed E-state index contributed by atoms with van der Waals surface area (Å²) in [4.78, 5) is 43.1. The zero-order chi connectivity index (χ0) is 13.3. The number of esters is 2. The van der Waals surface area contributed by atoms with Crippen molar-refractivity contribution in [1.82, 2.24) is 0 Å². The normalized spacial score (nSPS) is 9.06. The second kappa shape index (κ2) is 8.08. The van der Waals surface area contributed by atoms with Gasteiger partial charge in [0.05, 0.1) is 13.2 Å². The Morgan fingerprint density at radius 3 is 1.41 bits per heavy atom. The third-order valence-electron chi connectivity index (χ3n) is 1.21. The lowest BCUT2D eigenvalue weighted by molar-refractivity contribution is -0.149. The van der Waals surface area contributed by atoms with Crippen molar-refractivity contribution in [3.8, 4) is 0 Å². The highest BCUT2D eigenvalue weighted by Gasteiger charge is 2.19. The molecule has 8 heteroatoms. The van der Waals surface area contributed by atoms with Crippen LogP contribution in [0.2, 0.25) is 0 Å². The summed E-state index contributed by atoms with van der Waals surface area (Å²) in [6.45, 7) is 3.08. The van der Waals surface area contributed by atoms with Crippen LogP contribution in [0.15, 0.2) is 0 Å². The molecule has 0 unspecified atom stereocenters. The van der Waals surface area contributed by atoms with Crippen molar-refractivity contribution in [3.05, 3.63) is 0 Å². The second-order valence-corrected chi connectivity index (χ2v) is 2.49. The van der Waals surface area contributed by atoms with Crippen LogP contribution >= 0.6 is 0 Å². The Hall–Kier alpha value is -2.12. The summed E-state index contributed by atoms with van der Waals surface area (Å²) in [5.41, 5.74) is 0. The molecule has 0 saturated carbocycles. The molecule has 8 nitrogen and oxygen atoms in total. The zero-order valence-corrected chi connectivity index (χ0v) is 9.39. The minimum absolute atomic E-state index is 0.0272. The minimum atomic E-state index is -1.22. The Bertz CT molecular complexity index is 278. The summed E-state index contributed by atoms with van der Waals surface area (Å²) in [6.07, 6.45) is -3.33. The van der Waals surface area contributed by atoms with Gasteiger partial charge in [0, 0.05) is 0 Å². The molecule has 0 spiro atoms. The topological polar surface area (TPSA) is 105 Å².